The molecule has 0 bridgehead atoms. The van der Waals surface area contributed by atoms with Gasteiger partial charge in [-0.1, -0.05) is 23.7 Å². The molecule has 2 rings (SSSR count). The summed E-state index contributed by atoms with van der Waals surface area (Å²) in [5, 5.41) is 12.8. The number of hydrogen-bond acceptors (Lipinski definition) is 2. The van der Waals surface area contributed by atoms with Gasteiger partial charge in [-0.25, -0.2) is 0 Å². The lowest BCUT2D eigenvalue weighted by Crippen LogP contribution is -1.93. The van der Waals surface area contributed by atoms with Crippen molar-refractivity contribution in [1.82, 2.24) is 0 Å². The number of anilines is 2. The second-order valence-electron chi connectivity index (χ2n) is 3.41. The highest BCUT2D eigenvalue weighted by molar-refractivity contribution is 9.10. The SMILES string of the molecule is N#Cc1ccccc1Nc1ccc(Cl)c(Br)c1. The van der Waals surface area contributed by atoms with Crippen molar-refractivity contribution in [3.63, 3.8) is 0 Å². The van der Waals surface area contributed by atoms with E-state index in [4.69, 9.17) is 16.9 Å². The number of benzene rings is 2. The van der Waals surface area contributed by atoms with E-state index in [1.54, 1.807) is 12.1 Å². The Morgan fingerprint density at radius 1 is 1.18 bits per heavy atom. The van der Waals surface area contributed by atoms with Crippen molar-refractivity contribution in [2.24, 2.45) is 0 Å². The zero-order valence-corrected chi connectivity index (χ0v) is 11.1. The molecule has 2 nitrogen and oxygen atoms in total. The first kappa shape index (κ1) is 12.0. The standard InChI is InChI=1S/C13H8BrClN2/c14-11-7-10(5-6-12(11)15)17-13-4-2-1-3-9(13)8-16/h1-7,17H. The summed E-state index contributed by atoms with van der Waals surface area (Å²) in [6.07, 6.45) is 0. The maximum atomic E-state index is 8.97. The third kappa shape index (κ3) is 2.79. The highest BCUT2D eigenvalue weighted by Crippen LogP contribution is 2.28. The van der Waals surface area contributed by atoms with Crippen molar-refractivity contribution in [3.8, 4) is 6.07 Å². The molecule has 4 heteroatoms. The van der Waals surface area contributed by atoms with E-state index in [0.717, 1.165) is 15.8 Å². The fourth-order valence-electron chi connectivity index (χ4n) is 1.42. The van der Waals surface area contributed by atoms with Crippen LogP contribution in [0.1, 0.15) is 5.56 Å². The molecule has 0 heterocycles. The van der Waals surface area contributed by atoms with Crippen LogP contribution in [0.25, 0.3) is 0 Å². The largest absolute Gasteiger partial charge is 0.354 e. The van der Waals surface area contributed by atoms with Crippen molar-refractivity contribution in [2.75, 3.05) is 5.32 Å². The smallest absolute Gasteiger partial charge is 0.101 e. The van der Waals surface area contributed by atoms with Crippen LogP contribution in [0.4, 0.5) is 11.4 Å². The quantitative estimate of drug-likeness (QED) is 0.871. The van der Waals surface area contributed by atoms with E-state index in [1.807, 2.05) is 30.3 Å². The summed E-state index contributed by atoms with van der Waals surface area (Å²) in [5.41, 5.74) is 2.27. The number of halogens is 2. The van der Waals surface area contributed by atoms with Gasteiger partial charge in [0.15, 0.2) is 0 Å². The molecule has 0 aromatic heterocycles. The molecule has 0 saturated carbocycles. The number of nitrogens with zero attached hydrogens (tertiary/aromatic N) is 1. The average molecular weight is 308 g/mol. The third-order valence-electron chi connectivity index (χ3n) is 2.25. The van der Waals surface area contributed by atoms with Crippen LogP contribution in [0, 0.1) is 11.3 Å². The van der Waals surface area contributed by atoms with E-state index in [0.29, 0.717) is 10.6 Å². The number of hydrogen-bond donors (Lipinski definition) is 1. The highest BCUT2D eigenvalue weighted by Gasteiger charge is 2.02. The van der Waals surface area contributed by atoms with E-state index < -0.39 is 0 Å². The summed E-state index contributed by atoms with van der Waals surface area (Å²) in [6.45, 7) is 0. The Morgan fingerprint density at radius 3 is 2.65 bits per heavy atom. The van der Waals surface area contributed by atoms with Crippen LogP contribution >= 0.6 is 27.5 Å². The van der Waals surface area contributed by atoms with E-state index in [1.165, 1.54) is 0 Å². The Hall–Kier alpha value is -1.50. The fraction of sp³-hybridized carbons (Fsp3) is 0. The van der Waals surface area contributed by atoms with Crippen molar-refractivity contribution in [1.29, 1.82) is 5.26 Å². The first-order chi connectivity index (χ1) is 8.20. The van der Waals surface area contributed by atoms with Crippen LogP contribution in [-0.4, -0.2) is 0 Å². The Bertz CT molecular complexity index is 590. The van der Waals surface area contributed by atoms with Gasteiger partial charge in [-0.3, -0.25) is 0 Å². The van der Waals surface area contributed by atoms with Crippen molar-refractivity contribution < 1.29 is 0 Å². The monoisotopic (exact) mass is 306 g/mol. The molecule has 1 N–H and O–H groups in total. The molecule has 0 saturated heterocycles. The zero-order chi connectivity index (χ0) is 12.3. The number of nitriles is 1. The molecular formula is C13H8BrClN2. The minimum atomic E-state index is 0.610. The third-order valence-corrected chi connectivity index (χ3v) is 3.46. The summed E-state index contributed by atoms with van der Waals surface area (Å²) >= 11 is 9.27. The summed E-state index contributed by atoms with van der Waals surface area (Å²) in [6, 6.07) is 15.0. The first-order valence-electron chi connectivity index (χ1n) is 4.92. The molecule has 0 spiro atoms. The lowest BCUT2D eigenvalue weighted by Gasteiger charge is -2.08. The fourth-order valence-corrected chi connectivity index (χ4v) is 1.92. The van der Waals surface area contributed by atoms with Crippen LogP contribution in [0.3, 0.4) is 0 Å². The summed E-state index contributed by atoms with van der Waals surface area (Å²) < 4.78 is 0.818. The number of para-hydroxylation sites is 1. The molecule has 17 heavy (non-hydrogen) atoms. The molecule has 0 unspecified atom stereocenters. The van der Waals surface area contributed by atoms with Gasteiger partial charge in [0.05, 0.1) is 16.3 Å². The van der Waals surface area contributed by atoms with Gasteiger partial charge in [0.25, 0.3) is 0 Å². The van der Waals surface area contributed by atoms with E-state index in [9.17, 15) is 0 Å². The van der Waals surface area contributed by atoms with Gasteiger partial charge in [-0.05, 0) is 46.3 Å². The molecule has 0 aliphatic rings. The molecule has 84 valence electrons. The van der Waals surface area contributed by atoms with E-state index in [2.05, 4.69) is 27.3 Å². The summed E-state index contributed by atoms with van der Waals surface area (Å²) in [7, 11) is 0. The Kier molecular flexibility index (Phi) is 3.68. The molecule has 0 radical (unpaired) electrons. The maximum absolute atomic E-state index is 8.97. The maximum Gasteiger partial charge on any atom is 0.101 e. The van der Waals surface area contributed by atoms with Gasteiger partial charge in [0, 0.05) is 10.2 Å². The minimum absolute atomic E-state index is 0.610. The van der Waals surface area contributed by atoms with Crippen molar-refractivity contribution in [2.45, 2.75) is 0 Å². The molecule has 0 amide bonds. The lowest BCUT2D eigenvalue weighted by atomic mass is 10.2. The Balaban J connectivity index is 2.32. The van der Waals surface area contributed by atoms with E-state index in [-0.39, 0.29) is 0 Å². The molecule has 0 aliphatic heterocycles. The molecule has 0 aliphatic carbocycles. The normalized spacial score (nSPS) is 9.71. The van der Waals surface area contributed by atoms with Crippen molar-refractivity contribution >= 4 is 38.9 Å². The van der Waals surface area contributed by atoms with Crippen LogP contribution < -0.4 is 5.32 Å². The number of rotatable bonds is 2. The van der Waals surface area contributed by atoms with Crippen LogP contribution in [0.15, 0.2) is 46.9 Å². The topological polar surface area (TPSA) is 35.8 Å². The average Bonchev–Trinajstić information content (AvgIpc) is 2.34. The van der Waals surface area contributed by atoms with Gasteiger partial charge in [-0.15, -0.1) is 0 Å². The Labute approximate surface area is 113 Å². The summed E-state index contributed by atoms with van der Waals surface area (Å²) in [4.78, 5) is 0. The van der Waals surface area contributed by atoms with Gasteiger partial charge >= 0.3 is 0 Å². The van der Waals surface area contributed by atoms with Crippen LogP contribution in [-0.2, 0) is 0 Å². The van der Waals surface area contributed by atoms with Crippen LogP contribution in [0.2, 0.25) is 5.02 Å². The molecule has 0 fully saturated rings. The van der Waals surface area contributed by atoms with Gasteiger partial charge in [-0.2, -0.15) is 5.26 Å². The van der Waals surface area contributed by atoms with Gasteiger partial charge in [0.1, 0.15) is 6.07 Å². The second-order valence-corrected chi connectivity index (χ2v) is 4.67. The molecule has 0 atom stereocenters. The zero-order valence-electron chi connectivity index (χ0n) is 8.74. The lowest BCUT2D eigenvalue weighted by molar-refractivity contribution is 1.46. The summed E-state index contributed by atoms with van der Waals surface area (Å²) in [5.74, 6) is 0. The number of nitrogens with one attached hydrogen (secondary N) is 1. The highest BCUT2D eigenvalue weighted by atomic mass is 79.9. The Morgan fingerprint density at radius 2 is 1.94 bits per heavy atom. The minimum Gasteiger partial charge on any atom is -0.354 e. The van der Waals surface area contributed by atoms with Gasteiger partial charge in [0.2, 0.25) is 0 Å². The van der Waals surface area contributed by atoms with Crippen molar-refractivity contribution in [3.05, 3.63) is 57.5 Å². The van der Waals surface area contributed by atoms with Crippen LogP contribution in [0.5, 0.6) is 0 Å². The molecule has 2 aromatic rings. The predicted molar refractivity (Wildman–Crippen MR) is 73.6 cm³/mol. The predicted octanol–water partition coefficient (Wildman–Crippen LogP) is 4.72. The van der Waals surface area contributed by atoms with Gasteiger partial charge < -0.3 is 5.32 Å². The first-order valence-corrected chi connectivity index (χ1v) is 6.09. The molecular weight excluding hydrogens is 300 g/mol. The second kappa shape index (κ2) is 5.22. The van der Waals surface area contributed by atoms with E-state index >= 15 is 0 Å². The molecule has 2 aromatic carbocycles.